The quantitative estimate of drug-likeness (QED) is 0.686. The van der Waals surface area contributed by atoms with Crippen molar-refractivity contribution in [3.63, 3.8) is 0 Å². The zero-order chi connectivity index (χ0) is 18.1. The monoisotopic (exact) mass is 337 g/mol. The third kappa shape index (κ3) is 7.35. The van der Waals surface area contributed by atoms with E-state index in [4.69, 9.17) is 14.6 Å². The van der Waals surface area contributed by atoms with Crippen LogP contribution in [0.2, 0.25) is 0 Å². The molecule has 0 aliphatic heterocycles. The second-order valence-electron chi connectivity index (χ2n) is 6.42. The van der Waals surface area contributed by atoms with Crippen LogP contribution in [0.1, 0.15) is 34.1 Å². The van der Waals surface area contributed by atoms with E-state index in [1.165, 1.54) is 0 Å². The summed E-state index contributed by atoms with van der Waals surface area (Å²) in [6, 6.07) is 6.08. The van der Waals surface area contributed by atoms with Gasteiger partial charge in [-0.1, -0.05) is 27.7 Å². The molecule has 1 amide bonds. The maximum atomic E-state index is 11.8. The molecule has 0 heterocycles. The van der Waals surface area contributed by atoms with E-state index in [0.717, 1.165) is 12.2 Å². The van der Waals surface area contributed by atoms with Crippen molar-refractivity contribution in [1.82, 2.24) is 5.32 Å². The van der Waals surface area contributed by atoms with Crippen LogP contribution in [0.4, 0.5) is 0 Å². The normalized spacial score (nSPS) is 12.1. The smallest absolute Gasteiger partial charge is 0.326 e. The first kappa shape index (κ1) is 19.8. The predicted octanol–water partition coefficient (Wildman–Crippen LogP) is 2.72. The van der Waals surface area contributed by atoms with Gasteiger partial charge in [0.1, 0.15) is 17.5 Å². The van der Waals surface area contributed by atoms with Crippen LogP contribution >= 0.6 is 0 Å². The van der Waals surface area contributed by atoms with Crippen molar-refractivity contribution in [2.24, 2.45) is 11.8 Å². The highest BCUT2D eigenvalue weighted by molar-refractivity contribution is 5.84. The molecular formula is C18H27NO5. The molecule has 2 N–H and O–H groups in total. The van der Waals surface area contributed by atoms with Gasteiger partial charge in [-0.2, -0.15) is 0 Å². The number of carbonyl (C=O) groups excluding carboxylic acids is 1. The second-order valence-corrected chi connectivity index (χ2v) is 6.42. The molecule has 0 spiro atoms. The summed E-state index contributed by atoms with van der Waals surface area (Å²) in [5, 5.41) is 11.5. The molecule has 0 aliphatic carbocycles. The van der Waals surface area contributed by atoms with Gasteiger partial charge in [0, 0.05) is 0 Å². The highest BCUT2D eigenvalue weighted by Crippen LogP contribution is 2.18. The molecule has 1 aromatic rings. The molecule has 6 heteroatoms. The fourth-order valence-electron chi connectivity index (χ4n) is 1.92. The minimum atomic E-state index is -1.05. The van der Waals surface area contributed by atoms with E-state index in [2.05, 4.69) is 19.2 Å². The number of ether oxygens (including phenoxy) is 2. The molecule has 1 atom stereocenters. The van der Waals surface area contributed by atoms with Crippen LogP contribution < -0.4 is 14.8 Å². The number of aliphatic carboxylic acids is 1. The summed E-state index contributed by atoms with van der Waals surface area (Å²) in [6.07, 6.45) is 0.985. The topological polar surface area (TPSA) is 84.9 Å². The molecule has 0 bridgehead atoms. The van der Waals surface area contributed by atoms with Crippen LogP contribution in [0.25, 0.3) is 0 Å². The molecule has 1 aromatic carbocycles. The summed E-state index contributed by atoms with van der Waals surface area (Å²) in [6.45, 7) is 8.17. The first-order valence-corrected chi connectivity index (χ1v) is 8.17. The number of hydrogen-bond donors (Lipinski definition) is 2. The lowest BCUT2D eigenvalue weighted by molar-refractivity contribution is -0.143. The number of carbonyl (C=O) groups is 2. The summed E-state index contributed by atoms with van der Waals surface area (Å²) < 4.78 is 11.0. The van der Waals surface area contributed by atoms with Crippen molar-refractivity contribution in [2.75, 3.05) is 13.2 Å². The van der Waals surface area contributed by atoms with E-state index in [0.29, 0.717) is 18.3 Å². The summed E-state index contributed by atoms with van der Waals surface area (Å²) in [7, 11) is 0. The van der Waals surface area contributed by atoms with Gasteiger partial charge in [0.15, 0.2) is 6.61 Å². The number of carboxylic acid groups (broad SMARTS) is 1. The molecule has 6 nitrogen and oxygen atoms in total. The van der Waals surface area contributed by atoms with Gasteiger partial charge in [0.05, 0.1) is 6.61 Å². The van der Waals surface area contributed by atoms with Crippen LogP contribution in [0, 0.1) is 11.8 Å². The van der Waals surface area contributed by atoms with Gasteiger partial charge in [-0.15, -0.1) is 0 Å². The second kappa shape index (κ2) is 9.80. The van der Waals surface area contributed by atoms with E-state index >= 15 is 0 Å². The maximum absolute atomic E-state index is 11.8. The van der Waals surface area contributed by atoms with Gasteiger partial charge in [0.25, 0.3) is 5.91 Å². The molecule has 0 aromatic heterocycles. The van der Waals surface area contributed by atoms with Crippen molar-refractivity contribution in [3.8, 4) is 11.5 Å². The van der Waals surface area contributed by atoms with E-state index in [-0.39, 0.29) is 12.5 Å². The zero-order valence-corrected chi connectivity index (χ0v) is 14.7. The Morgan fingerprint density at radius 1 is 1.04 bits per heavy atom. The molecular weight excluding hydrogens is 310 g/mol. The van der Waals surface area contributed by atoms with Gasteiger partial charge in [-0.25, -0.2) is 4.79 Å². The number of rotatable bonds is 10. The number of benzene rings is 1. The van der Waals surface area contributed by atoms with Gasteiger partial charge in [-0.05, 0) is 42.5 Å². The van der Waals surface area contributed by atoms with Crippen molar-refractivity contribution >= 4 is 11.9 Å². The average molecular weight is 337 g/mol. The Labute approximate surface area is 143 Å². The summed E-state index contributed by atoms with van der Waals surface area (Å²) in [5.41, 5.74) is 0. The summed E-state index contributed by atoms with van der Waals surface area (Å²) in [4.78, 5) is 22.8. The minimum absolute atomic E-state index is 0.200. The molecule has 0 saturated carbocycles. The standard InChI is InChI=1S/C18H27NO5/c1-12(2)9-10-23-14-5-7-15(8-6-14)24-11-16(20)19-17(13(3)4)18(21)22/h5-8,12-13,17H,9-11H2,1-4H3,(H,19,20)(H,21,22). The molecule has 1 unspecified atom stereocenters. The van der Waals surface area contributed by atoms with Gasteiger partial charge < -0.3 is 19.9 Å². The van der Waals surface area contributed by atoms with Crippen molar-refractivity contribution in [3.05, 3.63) is 24.3 Å². The summed E-state index contributed by atoms with van der Waals surface area (Å²) in [5.74, 6) is 0.144. The molecule has 134 valence electrons. The van der Waals surface area contributed by atoms with Crippen molar-refractivity contribution in [1.29, 1.82) is 0 Å². The highest BCUT2D eigenvalue weighted by Gasteiger charge is 2.23. The number of hydrogen-bond acceptors (Lipinski definition) is 4. The third-order valence-corrected chi connectivity index (χ3v) is 3.41. The highest BCUT2D eigenvalue weighted by atomic mass is 16.5. The largest absolute Gasteiger partial charge is 0.494 e. The van der Waals surface area contributed by atoms with Gasteiger partial charge >= 0.3 is 5.97 Å². The van der Waals surface area contributed by atoms with Crippen LogP contribution in [0.5, 0.6) is 11.5 Å². The maximum Gasteiger partial charge on any atom is 0.326 e. The molecule has 24 heavy (non-hydrogen) atoms. The Kier molecular flexibility index (Phi) is 8.09. The molecule has 0 aliphatic rings. The Morgan fingerprint density at radius 2 is 1.58 bits per heavy atom. The predicted molar refractivity (Wildman–Crippen MR) is 91.3 cm³/mol. The number of carboxylic acids is 1. The molecule has 0 saturated heterocycles. The van der Waals surface area contributed by atoms with Crippen molar-refractivity contribution < 1.29 is 24.2 Å². The van der Waals surface area contributed by atoms with Crippen LogP contribution in [0.3, 0.4) is 0 Å². The molecule has 0 fully saturated rings. The summed E-state index contributed by atoms with van der Waals surface area (Å²) >= 11 is 0. The lowest BCUT2D eigenvalue weighted by Gasteiger charge is -2.18. The Morgan fingerprint density at radius 3 is 2.04 bits per heavy atom. The van der Waals surface area contributed by atoms with E-state index in [1.807, 2.05) is 0 Å². The number of nitrogens with one attached hydrogen (secondary N) is 1. The molecule has 1 rings (SSSR count). The lowest BCUT2D eigenvalue weighted by Crippen LogP contribution is -2.46. The Balaban J connectivity index is 2.41. The number of amides is 1. The third-order valence-electron chi connectivity index (χ3n) is 3.41. The fourth-order valence-corrected chi connectivity index (χ4v) is 1.92. The van der Waals surface area contributed by atoms with Crippen LogP contribution in [-0.2, 0) is 9.59 Å². The molecule has 0 radical (unpaired) electrons. The van der Waals surface area contributed by atoms with E-state index < -0.39 is 17.9 Å². The average Bonchev–Trinajstić information content (AvgIpc) is 2.51. The van der Waals surface area contributed by atoms with Crippen molar-refractivity contribution in [2.45, 2.75) is 40.2 Å². The zero-order valence-electron chi connectivity index (χ0n) is 14.7. The van der Waals surface area contributed by atoms with E-state index in [9.17, 15) is 9.59 Å². The Bertz CT molecular complexity index is 525. The SMILES string of the molecule is CC(C)CCOc1ccc(OCC(=O)NC(C(=O)O)C(C)C)cc1. The Hall–Kier alpha value is -2.24. The van der Waals surface area contributed by atoms with Crippen LogP contribution in [0.15, 0.2) is 24.3 Å². The first-order chi connectivity index (χ1) is 11.3. The lowest BCUT2D eigenvalue weighted by atomic mass is 10.1. The van der Waals surface area contributed by atoms with Crippen LogP contribution in [-0.4, -0.2) is 36.2 Å². The van der Waals surface area contributed by atoms with E-state index in [1.54, 1.807) is 38.1 Å². The fraction of sp³-hybridized carbons (Fsp3) is 0.556. The minimum Gasteiger partial charge on any atom is -0.494 e. The first-order valence-electron chi connectivity index (χ1n) is 8.17. The van der Waals surface area contributed by atoms with Gasteiger partial charge in [-0.3, -0.25) is 4.79 Å². The van der Waals surface area contributed by atoms with Gasteiger partial charge in [0.2, 0.25) is 0 Å².